The van der Waals surface area contributed by atoms with Crippen molar-refractivity contribution in [3.63, 3.8) is 0 Å². The van der Waals surface area contributed by atoms with E-state index in [4.69, 9.17) is 0 Å². The topological polar surface area (TPSA) is 37.3 Å². The fourth-order valence-electron chi connectivity index (χ4n) is 2.59. The molecule has 20 heavy (non-hydrogen) atoms. The van der Waals surface area contributed by atoms with Crippen LogP contribution in [0.4, 0.5) is 13.2 Å². The standard InChI is InChI=1S/C15H9F3O2/c16-15(17,18)14(20)11-7-3-1-5-9(11)13(19)10-6-2-4-8-12(10)14/h1-8,20H. The van der Waals surface area contributed by atoms with Crippen LogP contribution in [0.3, 0.4) is 0 Å². The molecule has 0 fully saturated rings. The van der Waals surface area contributed by atoms with Gasteiger partial charge in [-0.15, -0.1) is 0 Å². The molecule has 0 unspecified atom stereocenters. The summed E-state index contributed by atoms with van der Waals surface area (Å²) < 4.78 is 40.3. The molecule has 1 N–H and O–H groups in total. The smallest absolute Gasteiger partial charge is 0.372 e. The van der Waals surface area contributed by atoms with Gasteiger partial charge in [0.05, 0.1) is 0 Å². The van der Waals surface area contributed by atoms with Crippen molar-refractivity contribution in [1.82, 2.24) is 0 Å². The van der Waals surface area contributed by atoms with E-state index < -0.39 is 28.7 Å². The van der Waals surface area contributed by atoms with Crippen LogP contribution in [0, 0.1) is 0 Å². The molecule has 1 aliphatic carbocycles. The van der Waals surface area contributed by atoms with Crippen molar-refractivity contribution in [2.24, 2.45) is 0 Å². The first kappa shape index (κ1) is 12.9. The molecule has 2 nitrogen and oxygen atoms in total. The number of alkyl halides is 3. The second kappa shape index (κ2) is 3.93. The van der Waals surface area contributed by atoms with Crippen molar-refractivity contribution in [2.75, 3.05) is 0 Å². The molecule has 0 heterocycles. The summed E-state index contributed by atoms with van der Waals surface area (Å²) >= 11 is 0. The number of halogens is 3. The third kappa shape index (κ3) is 1.47. The molecule has 102 valence electrons. The fraction of sp³-hybridized carbons (Fsp3) is 0.133. The molecule has 0 amide bonds. The van der Waals surface area contributed by atoms with Crippen molar-refractivity contribution in [3.8, 4) is 0 Å². The maximum atomic E-state index is 13.4. The Bertz CT molecular complexity index is 655. The van der Waals surface area contributed by atoms with E-state index in [1.54, 1.807) is 0 Å². The minimum atomic E-state index is -4.92. The highest BCUT2D eigenvalue weighted by Gasteiger charge is 2.60. The molecule has 3 rings (SSSR count). The molecule has 0 bridgehead atoms. The summed E-state index contributed by atoms with van der Waals surface area (Å²) in [5, 5.41) is 10.4. The lowest BCUT2D eigenvalue weighted by molar-refractivity contribution is -0.248. The highest BCUT2D eigenvalue weighted by Crippen LogP contribution is 2.49. The van der Waals surface area contributed by atoms with Crippen molar-refractivity contribution >= 4 is 5.78 Å². The Kier molecular flexibility index (Phi) is 2.53. The Morgan fingerprint density at radius 2 is 1.25 bits per heavy atom. The monoisotopic (exact) mass is 278 g/mol. The summed E-state index contributed by atoms with van der Waals surface area (Å²) in [6.45, 7) is 0. The molecule has 0 spiro atoms. The SMILES string of the molecule is O=C1c2ccccc2C(O)(C(F)(F)F)c2ccccc21. The molecule has 1 aliphatic rings. The molecular weight excluding hydrogens is 269 g/mol. The van der Waals surface area contributed by atoms with Gasteiger partial charge in [-0.05, 0) is 0 Å². The van der Waals surface area contributed by atoms with Gasteiger partial charge in [0, 0.05) is 22.3 Å². The van der Waals surface area contributed by atoms with Crippen molar-refractivity contribution < 1.29 is 23.1 Å². The number of aliphatic hydroxyl groups is 1. The summed E-state index contributed by atoms with van der Waals surface area (Å²) in [7, 11) is 0. The fourth-order valence-corrected chi connectivity index (χ4v) is 2.59. The van der Waals surface area contributed by atoms with E-state index in [9.17, 15) is 23.1 Å². The van der Waals surface area contributed by atoms with E-state index in [1.807, 2.05) is 0 Å². The quantitative estimate of drug-likeness (QED) is 0.804. The van der Waals surface area contributed by atoms with Gasteiger partial charge < -0.3 is 5.11 Å². The molecule has 0 saturated carbocycles. The van der Waals surface area contributed by atoms with Crippen LogP contribution in [0.5, 0.6) is 0 Å². The summed E-state index contributed by atoms with van der Waals surface area (Å²) in [6, 6.07) is 10.6. The number of carbonyl (C=O) groups is 1. The maximum absolute atomic E-state index is 13.4. The average Bonchev–Trinajstić information content (AvgIpc) is 2.43. The van der Waals surface area contributed by atoms with Crippen LogP contribution in [0.1, 0.15) is 27.0 Å². The highest BCUT2D eigenvalue weighted by atomic mass is 19.4. The summed E-state index contributed by atoms with van der Waals surface area (Å²) in [6.07, 6.45) is -4.92. The van der Waals surface area contributed by atoms with Crippen LogP contribution in [-0.4, -0.2) is 17.1 Å². The van der Waals surface area contributed by atoms with Gasteiger partial charge in [0.15, 0.2) is 5.78 Å². The number of rotatable bonds is 0. The van der Waals surface area contributed by atoms with Crippen LogP contribution in [0.25, 0.3) is 0 Å². The second-order valence-corrected chi connectivity index (χ2v) is 4.63. The van der Waals surface area contributed by atoms with E-state index in [0.29, 0.717) is 0 Å². The van der Waals surface area contributed by atoms with Gasteiger partial charge in [0.2, 0.25) is 5.60 Å². The third-order valence-electron chi connectivity index (χ3n) is 3.53. The molecule has 2 aromatic carbocycles. The number of carbonyl (C=O) groups excluding carboxylic acids is 1. The molecule has 2 aromatic rings. The largest absolute Gasteiger partial charge is 0.425 e. The lowest BCUT2D eigenvalue weighted by Gasteiger charge is -2.36. The Balaban J connectivity index is 2.43. The van der Waals surface area contributed by atoms with Gasteiger partial charge in [-0.3, -0.25) is 4.79 Å². The molecule has 5 heteroatoms. The minimum Gasteiger partial charge on any atom is -0.372 e. The van der Waals surface area contributed by atoms with Crippen LogP contribution < -0.4 is 0 Å². The van der Waals surface area contributed by atoms with E-state index in [-0.39, 0.29) is 11.1 Å². The highest BCUT2D eigenvalue weighted by molar-refractivity contribution is 6.13. The molecule has 0 atom stereocenters. The first-order chi connectivity index (χ1) is 9.37. The molecule has 0 radical (unpaired) electrons. The van der Waals surface area contributed by atoms with Crippen LogP contribution in [-0.2, 0) is 5.60 Å². The summed E-state index contributed by atoms with van der Waals surface area (Å²) in [4.78, 5) is 12.2. The summed E-state index contributed by atoms with van der Waals surface area (Å²) in [5.41, 5.74) is -4.24. The maximum Gasteiger partial charge on any atom is 0.425 e. The van der Waals surface area contributed by atoms with Crippen molar-refractivity contribution in [3.05, 3.63) is 70.8 Å². The number of hydrogen-bond acceptors (Lipinski definition) is 2. The van der Waals surface area contributed by atoms with Crippen LogP contribution in [0.2, 0.25) is 0 Å². The van der Waals surface area contributed by atoms with E-state index >= 15 is 0 Å². The zero-order chi connectivity index (χ0) is 14.5. The van der Waals surface area contributed by atoms with Crippen molar-refractivity contribution in [1.29, 1.82) is 0 Å². The average molecular weight is 278 g/mol. The second-order valence-electron chi connectivity index (χ2n) is 4.63. The first-order valence-electron chi connectivity index (χ1n) is 5.90. The Morgan fingerprint density at radius 3 is 1.65 bits per heavy atom. The predicted octanol–water partition coefficient (Wildman–Crippen LogP) is 3.03. The first-order valence-corrected chi connectivity index (χ1v) is 5.90. The van der Waals surface area contributed by atoms with Gasteiger partial charge in [-0.2, -0.15) is 13.2 Å². The minimum absolute atomic E-state index is 0.119. The van der Waals surface area contributed by atoms with E-state index in [2.05, 4.69) is 0 Å². The number of ketones is 1. The molecular formula is C15H9F3O2. The van der Waals surface area contributed by atoms with Crippen molar-refractivity contribution in [2.45, 2.75) is 11.8 Å². The zero-order valence-corrected chi connectivity index (χ0v) is 10.1. The van der Waals surface area contributed by atoms with E-state index in [0.717, 1.165) is 12.1 Å². The van der Waals surface area contributed by atoms with Crippen LogP contribution >= 0.6 is 0 Å². The van der Waals surface area contributed by atoms with Gasteiger partial charge >= 0.3 is 6.18 Å². The Hall–Kier alpha value is -2.14. The normalized spacial score (nSPS) is 16.5. The number of hydrogen-bond donors (Lipinski definition) is 1. The molecule has 0 aromatic heterocycles. The Morgan fingerprint density at radius 1 is 0.850 bits per heavy atom. The van der Waals surface area contributed by atoms with E-state index in [1.165, 1.54) is 36.4 Å². The molecule has 0 saturated heterocycles. The van der Waals surface area contributed by atoms with Gasteiger partial charge in [-0.25, -0.2) is 0 Å². The zero-order valence-electron chi connectivity index (χ0n) is 10.1. The van der Waals surface area contributed by atoms with Gasteiger partial charge in [-0.1, -0.05) is 48.5 Å². The lowest BCUT2D eigenvalue weighted by Crippen LogP contribution is -2.47. The molecule has 0 aliphatic heterocycles. The number of fused-ring (bicyclic) bond motifs is 2. The third-order valence-corrected chi connectivity index (χ3v) is 3.53. The Labute approximate surface area is 112 Å². The van der Waals surface area contributed by atoms with Crippen LogP contribution in [0.15, 0.2) is 48.5 Å². The van der Waals surface area contributed by atoms with Gasteiger partial charge in [0.1, 0.15) is 0 Å². The summed E-state index contributed by atoms with van der Waals surface area (Å²) in [5.74, 6) is -0.509. The predicted molar refractivity (Wildman–Crippen MR) is 65.4 cm³/mol. The van der Waals surface area contributed by atoms with Gasteiger partial charge in [0.25, 0.3) is 0 Å². The lowest BCUT2D eigenvalue weighted by atomic mass is 9.74. The number of benzene rings is 2.